The van der Waals surface area contributed by atoms with E-state index in [4.69, 9.17) is 0 Å². The van der Waals surface area contributed by atoms with Crippen LogP contribution in [0.2, 0.25) is 0 Å². The van der Waals surface area contributed by atoms with E-state index in [0.717, 1.165) is 12.1 Å². The number of carbonyl (C=O) groups is 1. The van der Waals surface area contributed by atoms with Crippen molar-refractivity contribution in [1.82, 2.24) is 19.6 Å². The van der Waals surface area contributed by atoms with Crippen LogP contribution in [0.25, 0.3) is 0 Å². The Morgan fingerprint density at radius 2 is 1.80 bits per heavy atom. The van der Waals surface area contributed by atoms with Gasteiger partial charge in [0.25, 0.3) is 5.91 Å². The number of benzene rings is 2. The fourth-order valence-electron chi connectivity index (χ4n) is 4.35. The Hall–Kier alpha value is -3.24. The molecule has 1 aliphatic heterocycles. The number of amides is 1. The third-order valence-corrected chi connectivity index (χ3v) is 8.69. The Morgan fingerprint density at radius 3 is 2.49 bits per heavy atom. The minimum absolute atomic E-state index is 0.0480. The van der Waals surface area contributed by atoms with Gasteiger partial charge in [0.15, 0.2) is 0 Å². The Kier molecular flexibility index (Phi) is 7.23. The van der Waals surface area contributed by atoms with Crippen LogP contribution in [0.4, 0.5) is 8.78 Å². The van der Waals surface area contributed by atoms with Gasteiger partial charge in [-0.1, -0.05) is 30.3 Å². The van der Waals surface area contributed by atoms with Gasteiger partial charge in [-0.25, -0.2) is 27.2 Å². The summed E-state index contributed by atoms with van der Waals surface area (Å²) < 4.78 is 58.2. The van der Waals surface area contributed by atoms with Crippen molar-refractivity contribution in [3.05, 3.63) is 95.1 Å². The molecule has 10 heteroatoms. The fourth-order valence-corrected chi connectivity index (χ4v) is 6.54. The maximum absolute atomic E-state index is 15.1. The summed E-state index contributed by atoms with van der Waals surface area (Å²) in [5, 5.41) is 1.86. The molecule has 1 aromatic heterocycles. The number of rotatable bonds is 6. The van der Waals surface area contributed by atoms with Crippen LogP contribution in [-0.4, -0.2) is 34.6 Å². The van der Waals surface area contributed by atoms with Gasteiger partial charge in [-0.05, 0) is 44.4 Å². The summed E-state index contributed by atoms with van der Waals surface area (Å²) in [4.78, 5) is 19.9. The van der Waals surface area contributed by atoms with Crippen molar-refractivity contribution in [3.8, 4) is 0 Å². The molecule has 0 saturated carbocycles. The molecule has 184 valence electrons. The van der Waals surface area contributed by atoms with Crippen LogP contribution >= 0.6 is 0 Å². The largest absolute Gasteiger partial charge is 0.345 e. The zero-order chi connectivity index (χ0) is 25.2. The van der Waals surface area contributed by atoms with E-state index in [1.165, 1.54) is 29.9 Å². The number of nitrogens with one attached hydrogen (secondary N) is 1. The normalized spacial score (nSPS) is 20.8. The van der Waals surface area contributed by atoms with Gasteiger partial charge in [0.2, 0.25) is 10.0 Å². The summed E-state index contributed by atoms with van der Waals surface area (Å²) >= 11 is 0. The molecule has 7 nitrogen and oxygen atoms in total. The predicted octanol–water partition coefficient (Wildman–Crippen LogP) is 4.30. The molecule has 3 aromatic rings. The monoisotopic (exact) mass is 500 g/mol. The van der Waals surface area contributed by atoms with Gasteiger partial charge in [0, 0.05) is 36.1 Å². The molecule has 1 saturated heterocycles. The van der Waals surface area contributed by atoms with E-state index < -0.39 is 38.9 Å². The number of nitrogens with zero attached hydrogens (tertiary/aromatic N) is 3. The summed E-state index contributed by atoms with van der Waals surface area (Å²) in [7, 11) is -3.79. The summed E-state index contributed by atoms with van der Waals surface area (Å²) in [6.07, 6.45) is 4.98. The van der Waals surface area contributed by atoms with Gasteiger partial charge in [0.05, 0.1) is 11.6 Å². The summed E-state index contributed by atoms with van der Waals surface area (Å²) in [5.41, 5.74) is 0.757. The molecule has 4 rings (SSSR count). The lowest BCUT2D eigenvalue weighted by atomic mass is 10.0. The van der Waals surface area contributed by atoms with E-state index in [2.05, 4.69) is 15.3 Å². The molecule has 1 N–H and O–H groups in total. The summed E-state index contributed by atoms with van der Waals surface area (Å²) in [5.74, 6) is -2.00. The van der Waals surface area contributed by atoms with Gasteiger partial charge >= 0.3 is 0 Å². The average molecular weight is 501 g/mol. The third-order valence-electron chi connectivity index (χ3n) is 6.32. The van der Waals surface area contributed by atoms with Crippen LogP contribution < -0.4 is 5.32 Å². The highest BCUT2D eigenvalue weighted by molar-refractivity contribution is 7.89. The number of aromatic nitrogens is 2. The Bertz CT molecular complexity index is 1310. The molecule has 0 aliphatic carbocycles. The zero-order valence-corrected chi connectivity index (χ0v) is 20.2. The van der Waals surface area contributed by atoms with Crippen LogP contribution in [0.1, 0.15) is 65.0 Å². The van der Waals surface area contributed by atoms with Gasteiger partial charge in [0.1, 0.15) is 23.2 Å². The molecule has 2 heterocycles. The van der Waals surface area contributed by atoms with E-state index in [1.54, 1.807) is 31.2 Å². The number of hydrogen-bond donors (Lipinski definition) is 1. The van der Waals surface area contributed by atoms with Gasteiger partial charge in [-0.3, -0.25) is 4.79 Å². The quantitative estimate of drug-likeness (QED) is 0.545. The van der Waals surface area contributed by atoms with Gasteiger partial charge in [-0.15, -0.1) is 0 Å². The van der Waals surface area contributed by atoms with E-state index in [0.29, 0.717) is 18.4 Å². The van der Waals surface area contributed by atoms with Gasteiger partial charge in [-0.2, -0.15) is 4.31 Å². The lowest BCUT2D eigenvalue weighted by Crippen LogP contribution is -2.44. The molecule has 1 fully saturated rings. The Balaban J connectivity index is 1.55. The molecule has 35 heavy (non-hydrogen) atoms. The highest BCUT2D eigenvalue weighted by Crippen LogP contribution is 2.38. The highest BCUT2D eigenvalue weighted by Gasteiger charge is 2.40. The molecule has 0 bridgehead atoms. The van der Waals surface area contributed by atoms with E-state index in [1.807, 2.05) is 6.07 Å². The van der Waals surface area contributed by atoms with Crippen molar-refractivity contribution in [3.63, 3.8) is 0 Å². The lowest BCUT2D eigenvalue weighted by Gasteiger charge is -2.37. The smallest absolute Gasteiger partial charge is 0.254 e. The molecule has 1 aliphatic rings. The first-order valence-electron chi connectivity index (χ1n) is 11.3. The number of carbonyl (C=O) groups excluding carboxylic acids is 1. The standard InChI is InChI=1S/C25H26F2N4O3S/c1-16-8-9-24(18-6-4-3-5-7-18)35(33,34)31(16)14-19-10-23(27)21(11-22(19)26)17(2)30-25(32)20-12-28-15-29-13-20/h3-7,10-13,15-17,24H,8-9,14H2,1-2H3,(H,30,32)/t16-,17?,24+/m0/s1. The first-order valence-corrected chi connectivity index (χ1v) is 12.8. The van der Waals surface area contributed by atoms with E-state index in [-0.39, 0.29) is 29.3 Å². The van der Waals surface area contributed by atoms with Crippen molar-refractivity contribution in [2.75, 3.05) is 0 Å². The molecule has 1 amide bonds. The van der Waals surface area contributed by atoms with Crippen molar-refractivity contribution in [2.45, 2.75) is 50.6 Å². The van der Waals surface area contributed by atoms with E-state index >= 15 is 8.78 Å². The van der Waals surface area contributed by atoms with Crippen LogP contribution in [-0.2, 0) is 16.6 Å². The third kappa shape index (κ3) is 5.23. The predicted molar refractivity (Wildman–Crippen MR) is 127 cm³/mol. The Labute approximate surface area is 203 Å². The lowest BCUT2D eigenvalue weighted by molar-refractivity contribution is 0.0938. The molecule has 3 atom stereocenters. The molecular formula is C25H26F2N4O3S. The molecule has 0 spiro atoms. The molecule has 2 aromatic carbocycles. The summed E-state index contributed by atoms with van der Waals surface area (Å²) in [6.45, 7) is 3.02. The average Bonchev–Trinajstić information content (AvgIpc) is 2.84. The highest BCUT2D eigenvalue weighted by atomic mass is 32.2. The number of sulfonamides is 1. The van der Waals surface area contributed by atoms with Crippen molar-refractivity contribution >= 4 is 15.9 Å². The van der Waals surface area contributed by atoms with Crippen molar-refractivity contribution in [2.24, 2.45) is 0 Å². The maximum atomic E-state index is 15.1. The second kappa shape index (κ2) is 10.2. The molecule has 1 unspecified atom stereocenters. The van der Waals surface area contributed by atoms with Crippen LogP contribution in [0, 0.1) is 11.6 Å². The van der Waals surface area contributed by atoms with Gasteiger partial charge < -0.3 is 5.32 Å². The first-order chi connectivity index (χ1) is 16.7. The van der Waals surface area contributed by atoms with Crippen molar-refractivity contribution in [1.29, 1.82) is 0 Å². The van der Waals surface area contributed by atoms with Crippen molar-refractivity contribution < 1.29 is 22.0 Å². The number of halogens is 2. The summed E-state index contributed by atoms with van der Waals surface area (Å²) in [6, 6.07) is 9.74. The fraction of sp³-hybridized carbons (Fsp3) is 0.320. The maximum Gasteiger partial charge on any atom is 0.254 e. The molecular weight excluding hydrogens is 474 g/mol. The van der Waals surface area contributed by atoms with E-state index in [9.17, 15) is 13.2 Å². The first kappa shape index (κ1) is 24.9. The second-order valence-electron chi connectivity index (χ2n) is 8.70. The Morgan fingerprint density at radius 1 is 1.11 bits per heavy atom. The topological polar surface area (TPSA) is 92.3 Å². The number of hydrogen-bond acceptors (Lipinski definition) is 5. The zero-order valence-electron chi connectivity index (χ0n) is 19.4. The molecule has 0 radical (unpaired) electrons. The van der Waals surface area contributed by atoms with Crippen LogP contribution in [0.15, 0.2) is 61.2 Å². The van der Waals surface area contributed by atoms with Crippen LogP contribution in [0.3, 0.4) is 0 Å². The second-order valence-corrected chi connectivity index (χ2v) is 10.8. The minimum atomic E-state index is -3.79. The SMILES string of the molecule is CC(NC(=O)c1cncnc1)c1cc(F)c(CN2[C@@H](C)CC[C@H](c3ccccc3)S2(=O)=O)cc1F. The van der Waals surface area contributed by atoms with Crippen LogP contribution in [0.5, 0.6) is 0 Å². The minimum Gasteiger partial charge on any atom is -0.345 e.